The van der Waals surface area contributed by atoms with Gasteiger partial charge in [-0.15, -0.1) is 0 Å². The van der Waals surface area contributed by atoms with Crippen LogP contribution in [-0.2, 0) is 11.3 Å². The molecule has 0 aliphatic carbocycles. The lowest BCUT2D eigenvalue weighted by Crippen LogP contribution is -2.20. The van der Waals surface area contributed by atoms with E-state index >= 15 is 0 Å². The number of primary amides is 1. The number of aromatic nitrogens is 2. The SMILES string of the molecule is CCOC(=O)c1cn(C[C@H](O)c2ccccc2)c(C(N)=O)n1. The van der Waals surface area contributed by atoms with E-state index in [4.69, 9.17) is 10.5 Å². The third-order valence-electron chi connectivity index (χ3n) is 3.04. The zero-order valence-electron chi connectivity index (χ0n) is 12.1. The molecule has 116 valence electrons. The Morgan fingerprint density at radius 3 is 2.64 bits per heavy atom. The Labute approximate surface area is 127 Å². The van der Waals surface area contributed by atoms with Gasteiger partial charge < -0.3 is 20.1 Å². The number of nitrogens with two attached hydrogens (primary N) is 1. The number of hydrogen-bond donors (Lipinski definition) is 2. The van der Waals surface area contributed by atoms with Gasteiger partial charge in [-0.25, -0.2) is 9.78 Å². The quantitative estimate of drug-likeness (QED) is 0.771. The molecule has 3 N–H and O–H groups in total. The molecule has 1 aromatic carbocycles. The van der Waals surface area contributed by atoms with Crippen LogP contribution in [0.25, 0.3) is 0 Å². The van der Waals surface area contributed by atoms with Gasteiger partial charge in [-0.1, -0.05) is 30.3 Å². The summed E-state index contributed by atoms with van der Waals surface area (Å²) in [5, 5.41) is 10.2. The molecule has 1 aromatic heterocycles. The van der Waals surface area contributed by atoms with Crippen LogP contribution in [0.1, 0.15) is 39.7 Å². The molecule has 7 nitrogen and oxygen atoms in total. The summed E-state index contributed by atoms with van der Waals surface area (Å²) in [7, 11) is 0. The molecular weight excluding hydrogens is 286 g/mol. The minimum absolute atomic E-state index is 0.0177. The Balaban J connectivity index is 2.26. The van der Waals surface area contributed by atoms with E-state index in [0.29, 0.717) is 5.56 Å². The maximum absolute atomic E-state index is 11.7. The third kappa shape index (κ3) is 3.50. The molecule has 1 atom stereocenters. The number of rotatable bonds is 6. The van der Waals surface area contributed by atoms with Gasteiger partial charge in [0.1, 0.15) is 0 Å². The largest absolute Gasteiger partial charge is 0.461 e. The highest BCUT2D eigenvalue weighted by Gasteiger charge is 2.20. The van der Waals surface area contributed by atoms with E-state index < -0.39 is 18.0 Å². The monoisotopic (exact) mass is 303 g/mol. The van der Waals surface area contributed by atoms with Crippen molar-refractivity contribution in [2.45, 2.75) is 19.6 Å². The maximum atomic E-state index is 11.7. The van der Waals surface area contributed by atoms with Gasteiger partial charge in [0.25, 0.3) is 5.91 Å². The molecule has 2 aromatic rings. The van der Waals surface area contributed by atoms with Crippen LogP contribution in [0, 0.1) is 0 Å². The van der Waals surface area contributed by atoms with E-state index in [1.807, 2.05) is 6.07 Å². The fourth-order valence-corrected chi connectivity index (χ4v) is 2.02. The molecule has 0 unspecified atom stereocenters. The van der Waals surface area contributed by atoms with Crippen LogP contribution in [0.2, 0.25) is 0 Å². The number of carbonyl (C=O) groups excluding carboxylic acids is 2. The van der Waals surface area contributed by atoms with Crippen molar-refractivity contribution in [1.82, 2.24) is 9.55 Å². The van der Waals surface area contributed by atoms with E-state index in [1.165, 1.54) is 10.8 Å². The first-order valence-corrected chi connectivity index (χ1v) is 6.80. The van der Waals surface area contributed by atoms with Crippen molar-refractivity contribution in [1.29, 1.82) is 0 Å². The Morgan fingerprint density at radius 2 is 2.05 bits per heavy atom. The van der Waals surface area contributed by atoms with Gasteiger partial charge in [-0.3, -0.25) is 4.79 Å². The molecule has 7 heteroatoms. The van der Waals surface area contributed by atoms with Crippen molar-refractivity contribution < 1.29 is 19.4 Å². The number of aliphatic hydroxyl groups excluding tert-OH is 1. The summed E-state index contributed by atoms with van der Waals surface area (Å²) >= 11 is 0. The lowest BCUT2D eigenvalue weighted by molar-refractivity contribution is 0.0519. The fourth-order valence-electron chi connectivity index (χ4n) is 2.02. The number of carbonyl (C=O) groups is 2. The van der Waals surface area contributed by atoms with Crippen molar-refractivity contribution in [2.24, 2.45) is 5.73 Å². The molecule has 0 aliphatic rings. The zero-order chi connectivity index (χ0) is 16.1. The lowest BCUT2D eigenvalue weighted by atomic mass is 10.1. The number of hydrogen-bond acceptors (Lipinski definition) is 5. The molecule has 0 fully saturated rings. The first-order valence-electron chi connectivity index (χ1n) is 6.80. The average molecular weight is 303 g/mol. The Hall–Kier alpha value is -2.67. The first kappa shape index (κ1) is 15.7. The number of aliphatic hydroxyl groups is 1. The predicted octanol–water partition coefficient (Wildman–Crippen LogP) is 0.892. The smallest absolute Gasteiger partial charge is 0.358 e. The van der Waals surface area contributed by atoms with Gasteiger partial charge in [0.2, 0.25) is 0 Å². The van der Waals surface area contributed by atoms with Crippen LogP contribution >= 0.6 is 0 Å². The highest BCUT2D eigenvalue weighted by molar-refractivity contribution is 5.93. The number of esters is 1. The van der Waals surface area contributed by atoms with Crippen molar-refractivity contribution >= 4 is 11.9 Å². The summed E-state index contributed by atoms with van der Waals surface area (Å²) in [6, 6.07) is 8.95. The summed E-state index contributed by atoms with van der Waals surface area (Å²) in [5.74, 6) is -1.52. The van der Waals surface area contributed by atoms with Crippen LogP contribution in [0.4, 0.5) is 0 Å². The summed E-state index contributed by atoms with van der Waals surface area (Å²) in [6.45, 7) is 1.92. The molecule has 0 radical (unpaired) electrons. The Morgan fingerprint density at radius 1 is 1.36 bits per heavy atom. The van der Waals surface area contributed by atoms with Crippen molar-refractivity contribution in [3.8, 4) is 0 Å². The summed E-state index contributed by atoms with van der Waals surface area (Å²) < 4.78 is 6.19. The van der Waals surface area contributed by atoms with Crippen LogP contribution < -0.4 is 5.73 Å². The van der Waals surface area contributed by atoms with Gasteiger partial charge in [-0.2, -0.15) is 0 Å². The van der Waals surface area contributed by atoms with Crippen LogP contribution in [0.15, 0.2) is 36.5 Å². The lowest BCUT2D eigenvalue weighted by Gasteiger charge is -2.12. The molecule has 0 saturated carbocycles. The molecule has 0 spiro atoms. The Bertz CT molecular complexity index is 667. The number of benzene rings is 1. The van der Waals surface area contributed by atoms with Gasteiger partial charge in [0, 0.05) is 6.20 Å². The summed E-state index contributed by atoms with van der Waals surface area (Å²) in [6.07, 6.45) is 0.494. The fraction of sp³-hybridized carbons (Fsp3) is 0.267. The topological polar surface area (TPSA) is 107 Å². The van der Waals surface area contributed by atoms with E-state index in [1.54, 1.807) is 31.2 Å². The van der Waals surface area contributed by atoms with Crippen LogP contribution in [-0.4, -0.2) is 33.1 Å². The van der Waals surface area contributed by atoms with Crippen molar-refractivity contribution in [2.75, 3.05) is 6.61 Å². The van der Waals surface area contributed by atoms with E-state index in [0.717, 1.165) is 0 Å². The highest BCUT2D eigenvalue weighted by Crippen LogP contribution is 2.16. The average Bonchev–Trinajstić information content (AvgIpc) is 2.92. The normalized spacial score (nSPS) is 11.9. The molecule has 1 amide bonds. The van der Waals surface area contributed by atoms with Crippen LogP contribution in [0.3, 0.4) is 0 Å². The standard InChI is InChI=1S/C15H17N3O4/c1-2-22-15(21)11-8-18(14(17-11)13(16)20)9-12(19)10-6-4-3-5-7-10/h3-8,12,19H,2,9H2,1H3,(H2,16,20)/t12-/m0/s1. The number of imidazole rings is 1. The second-order valence-electron chi connectivity index (χ2n) is 4.61. The van der Waals surface area contributed by atoms with Gasteiger partial charge in [0.15, 0.2) is 11.5 Å². The number of ether oxygens (including phenoxy) is 1. The van der Waals surface area contributed by atoms with Crippen molar-refractivity contribution in [3.63, 3.8) is 0 Å². The molecule has 0 bridgehead atoms. The molecule has 2 rings (SSSR count). The molecular formula is C15H17N3O4. The summed E-state index contributed by atoms with van der Waals surface area (Å²) in [5.41, 5.74) is 5.93. The molecule has 0 aliphatic heterocycles. The zero-order valence-corrected chi connectivity index (χ0v) is 12.1. The van der Waals surface area contributed by atoms with E-state index in [2.05, 4.69) is 4.98 Å². The molecule has 0 saturated heterocycles. The highest BCUT2D eigenvalue weighted by atomic mass is 16.5. The van der Waals surface area contributed by atoms with E-state index in [-0.39, 0.29) is 24.7 Å². The predicted molar refractivity (Wildman–Crippen MR) is 78.1 cm³/mol. The number of nitrogens with zero attached hydrogens (tertiary/aromatic N) is 2. The second kappa shape index (κ2) is 6.86. The van der Waals surface area contributed by atoms with Gasteiger partial charge in [0.05, 0.1) is 19.3 Å². The third-order valence-corrected chi connectivity index (χ3v) is 3.04. The maximum Gasteiger partial charge on any atom is 0.358 e. The number of amides is 1. The molecule has 1 heterocycles. The van der Waals surface area contributed by atoms with Crippen LogP contribution in [0.5, 0.6) is 0 Å². The van der Waals surface area contributed by atoms with E-state index in [9.17, 15) is 14.7 Å². The minimum Gasteiger partial charge on any atom is -0.461 e. The minimum atomic E-state index is -0.858. The van der Waals surface area contributed by atoms with Gasteiger partial charge in [-0.05, 0) is 12.5 Å². The van der Waals surface area contributed by atoms with Gasteiger partial charge >= 0.3 is 5.97 Å². The molecule has 22 heavy (non-hydrogen) atoms. The Kier molecular flexibility index (Phi) is 4.90. The second-order valence-corrected chi connectivity index (χ2v) is 4.61. The summed E-state index contributed by atoms with van der Waals surface area (Å²) in [4.78, 5) is 27.0. The first-order chi connectivity index (χ1) is 10.5. The van der Waals surface area contributed by atoms with Crippen molar-refractivity contribution in [3.05, 3.63) is 53.6 Å².